The van der Waals surface area contributed by atoms with Crippen LogP contribution in [0.25, 0.3) is 0 Å². The Hall–Kier alpha value is -3.41. The summed E-state index contributed by atoms with van der Waals surface area (Å²) in [6.07, 6.45) is 77.2. The second-order valence-electron chi connectivity index (χ2n) is 19.9. The number of hydrogen-bond donors (Lipinski definition) is 0. The third-order valence-corrected chi connectivity index (χ3v) is 12.8. The first-order valence-corrected chi connectivity index (χ1v) is 30.1. The monoisotopic (exact) mass is 989 g/mol. The molecule has 1 unspecified atom stereocenters. The molecule has 0 amide bonds. The maximum Gasteiger partial charge on any atom is 0.306 e. The van der Waals surface area contributed by atoms with Crippen molar-refractivity contribution in [3.8, 4) is 0 Å². The zero-order valence-corrected chi connectivity index (χ0v) is 46.7. The maximum absolute atomic E-state index is 12.9. The first-order chi connectivity index (χ1) is 35.0. The van der Waals surface area contributed by atoms with Crippen LogP contribution in [0, 0.1) is 0 Å². The van der Waals surface area contributed by atoms with Gasteiger partial charge in [0.2, 0.25) is 0 Å². The summed E-state index contributed by atoms with van der Waals surface area (Å²) in [7, 11) is 0. The standard InChI is InChI=1S/C65H112O6/c1-4-7-10-13-16-19-22-25-27-28-29-30-31-32-33-34-35-36-38-40-43-46-49-52-55-58-64(67)70-61-62(60-69-63(66)57-54-51-48-45-42-39-24-21-18-15-12-9-6-3)71-65(68)59-56-53-50-47-44-41-37-26-23-20-17-14-11-8-5-2/h7,10,12,15-16,19,21,24-27,29-30,37,62H,4-6,8-9,11,13-14,17-18,20,22-23,28,31-36,38-61H2,1-3H3/b10-7-,15-12-,19-16-,24-21-,27-25-,30-29-,37-26-. The fourth-order valence-corrected chi connectivity index (χ4v) is 8.35. The molecule has 1 atom stereocenters. The van der Waals surface area contributed by atoms with Crippen LogP contribution in [0.4, 0.5) is 0 Å². The molecule has 0 aromatic heterocycles. The van der Waals surface area contributed by atoms with E-state index in [0.717, 1.165) is 128 Å². The predicted octanol–water partition coefficient (Wildman–Crippen LogP) is 20.3. The summed E-state index contributed by atoms with van der Waals surface area (Å²) < 4.78 is 16.9. The third-order valence-electron chi connectivity index (χ3n) is 12.8. The molecule has 0 saturated heterocycles. The van der Waals surface area contributed by atoms with E-state index in [9.17, 15) is 14.4 Å². The van der Waals surface area contributed by atoms with Crippen LogP contribution in [-0.4, -0.2) is 37.2 Å². The number of carbonyl (C=O) groups is 3. The Kier molecular flexibility index (Phi) is 56.3. The van der Waals surface area contributed by atoms with E-state index in [-0.39, 0.29) is 31.1 Å². The van der Waals surface area contributed by atoms with Gasteiger partial charge in [0.25, 0.3) is 0 Å². The number of allylic oxidation sites excluding steroid dienone is 14. The Morgan fingerprint density at radius 2 is 0.577 bits per heavy atom. The SMILES string of the molecule is CC/C=C\C/C=C\C/C=C\C/C=C\CCCCCCCCCCCCCCC(=O)OCC(COC(=O)CCCCCCC/C=C\C/C=C\CCC)OC(=O)CCCCCCC/C=C\CCCCCCCC. The molecule has 408 valence electrons. The molecule has 0 aliphatic carbocycles. The normalized spacial score (nSPS) is 12.7. The molecule has 0 rings (SSSR count). The molecule has 0 aromatic rings. The fraction of sp³-hybridized carbons (Fsp3) is 0.738. The average Bonchev–Trinajstić information content (AvgIpc) is 3.37. The molecular weight excluding hydrogens is 877 g/mol. The maximum atomic E-state index is 12.9. The molecule has 6 heteroatoms. The van der Waals surface area contributed by atoms with E-state index in [1.165, 1.54) is 122 Å². The van der Waals surface area contributed by atoms with Crippen LogP contribution in [0.5, 0.6) is 0 Å². The van der Waals surface area contributed by atoms with Gasteiger partial charge in [-0.1, -0.05) is 247 Å². The van der Waals surface area contributed by atoms with Crippen molar-refractivity contribution in [3.63, 3.8) is 0 Å². The number of unbranched alkanes of at least 4 members (excludes halogenated alkanes) is 29. The van der Waals surface area contributed by atoms with Gasteiger partial charge in [-0.15, -0.1) is 0 Å². The van der Waals surface area contributed by atoms with Crippen molar-refractivity contribution in [1.29, 1.82) is 0 Å². The number of carbonyl (C=O) groups excluding carboxylic acids is 3. The van der Waals surface area contributed by atoms with Gasteiger partial charge in [-0.05, 0) is 109 Å². The van der Waals surface area contributed by atoms with E-state index in [2.05, 4.69) is 106 Å². The van der Waals surface area contributed by atoms with E-state index in [1.807, 2.05) is 0 Å². The van der Waals surface area contributed by atoms with E-state index in [0.29, 0.717) is 19.3 Å². The lowest BCUT2D eigenvalue weighted by atomic mass is 10.0. The fourth-order valence-electron chi connectivity index (χ4n) is 8.35. The average molecular weight is 990 g/mol. The van der Waals surface area contributed by atoms with E-state index >= 15 is 0 Å². The van der Waals surface area contributed by atoms with Crippen LogP contribution >= 0.6 is 0 Å². The number of ether oxygens (including phenoxy) is 3. The Balaban J connectivity index is 4.30. The molecule has 0 saturated carbocycles. The van der Waals surface area contributed by atoms with Crippen molar-refractivity contribution < 1.29 is 28.6 Å². The van der Waals surface area contributed by atoms with Crippen molar-refractivity contribution in [3.05, 3.63) is 85.1 Å². The van der Waals surface area contributed by atoms with Crippen molar-refractivity contribution >= 4 is 17.9 Å². The van der Waals surface area contributed by atoms with Crippen LogP contribution in [0.1, 0.15) is 290 Å². The Morgan fingerprint density at radius 3 is 0.930 bits per heavy atom. The highest BCUT2D eigenvalue weighted by atomic mass is 16.6. The Labute approximate surface area is 439 Å². The first kappa shape index (κ1) is 67.6. The topological polar surface area (TPSA) is 78.9 Å². The second kappa shape index (κ2) is 59.2. The van der Waals surface area contributed by atoms with Gasteiger partial charge in [-0.25, -0.2) is 0 Å². The van der Waals surface area contributed by atoms with Gasteiger partial charge in [-0.2, -0.15) is 0 Å². The molecule has 0 aliphatic rings. The number of esters is 3. The van der Waals surface area contributed by atoms with Gasteiger partial charge in [0.05, 0.1) is 0 Å². The van der Waals surface area contributed by atoms with Crippen molar-refractivity contribution in [2.75, 3.05) is 13.2 Å². The lowest BCUT2D eigenvalue weighted by Gasteiger charge is -2.18. The molecule has 6 nitrogen and oxygen atoms in total. The number of hydrogen-bond acceptors (Lipinski definition) is 6. The van der Waals surface area contributed by atoms with Crippen molar-refractivity contribution in [1.82, 2.24) is 0 Å². The quantitative estimate of drug-likeness (QED) is 0.0261. The highest BCUT2D eigenvalue weighted by molar-refractivity contribution is 5.71. The third kappa shape index (κ3) is 57.4. The van der Waals surface area contributed by atoms with Crippen molar-refractivity contribution in [2.24, 2.45) is 0 Å². The minimum atomic E-state index is -0.787. The molecular formula is C65H112O6. The summed E-state index contributed by atoms with van der Waals surface area (Å²) in [4.78, 5) is 38.2. The van der Waals surface area contributed by atoms with Gasteiger partial charge in [0.1, 0.15) is 13.2 Å². The summed E-state index contributed by atoms with van der Waals surface area (Å²) in [6.45, 7) is 6.46. The van der Waals surface area contributed by atoms with Gasteiger partial charge >= 0.3 is 17.9 Å². The molecule has 0 aromatic carbocycles. The van der Waals surface area contributed by atoms with Gasteiger partial charge in [-0.3, -0.25) is 14.4 Å². The molecule has 71 heavy (non-hydrogen) atoms. The molecule has 0 fully saturated rings. The van der Waals surface area contributed by atoms with Gasteiger partial charge in [0, 0.05) is 19.3 Å². The van der Waals surface area contributed by atoms with Crippen LogP contribution in [0.3, 0.4) is 0 Å². The highest BCUT2D eigenvalue weighted by Crippen LogP contribution is 2.16. The smallest absolute Gasteiger partial charge is 0.306 e. The molecule has 0 N–H and O–H groups in total. The molecule has 0 radical (unpaired) electrons. The minimum Gasteiger partial charge on any atom is -0.462 e. The lowest BCUT2D eigenvalue weighted by molar-refractivity contribution is -0.167. The van der Waals surface area contributed by atoms with E-state index < -0.39 is 6.10 Å². The molecule has 0 aliphatic heterocycles. The zero-order valence-electron chi connectivity index (χ0n) is 46.7. The first-order valence-electron chi connectivity index (χ1n) is 30.1. The van der Waals surface area contributed by atoms with E-state index in [4.69, 9.17) is 14.2 Å². The zero-order chi connectivity index (χ0) is 51.4. The second-order valence-corrected chi connectivity index (χ2v) is 19.9. The Bertz CT molecular complexity index is 1370. The summed E-state index contributed by atoms with van der Waals surface area (Å²) >= 11 is 0. The summed E-state index contributed by atoms with van der Waals surface area (Å²) in [5, 5.41) is 0. The highest BCUT2D eigenvalue weighted by Gasteiger charge is 2.19. The molecule has 0 spiro atoms. The molecule has 0 heterocycles. The van der Waals surface area contributed by atoms with E-state index in [1.54, 1.807) is 0 Å². The number of rotatable bonds is 54. The Morgan fingerprint density at radius 1 is 0.296 bits per heavy atom. The van der Waals surface area contributed by atoms with Crippen LogP contribution in [0.2, 0.25) is 0 Å². The minimum absolute atomic E-state index is 0.0843. The molecule has 0 bridgehead atoms. The van der Waals surface area contributed by atoms with Crippen LogP contribution in [-0.2, 0) is 28.6 Å². The van der Waals surface area contributed by atoms with Crippen LogP contribution < -0.4 is 0 Å². The summed E-state index contributed by atoms with van der Waals surface area (Å²) in [5.74, 6) is -0.902. The van der Waals surface area contributed by atoms with Crippen molar-refractivity contribution in [2.45, 2.75) is 297 Å². The van der Waals surface area contributed by atoms with Gasteiger partial charge < -0.3 is 14.2 Å². The summed E-state index contributed by atoms with van der Waals surface area (Å²) in [6, 6.07) is 0. The summed E-state index contributed by atoms with van der Waals surface area (Å²) in [5.41, 5.74) is 0. The lowest BCUT2D eigenvalue weighted by Crippen LogP contribution is -2.30. The van der Waals surface area contributed by atoms with Gasteiger partial charge in [0.15, 0.2) is 6.10 Å². The predicted molar refractivity (Wildman–Crippen MR) is 307 cm³/mol. The largest absolute Gasteiger partial charge is 0.462 e. The van der Waals surface area contributed by atoms with Crippen LogP contribution in [0.15, 0.2) is 85.1 Å².